The fourth-order valence-corrected chi connectivity index (χ4v) is 2.57. The van der Waals surface area contributed by atoms with Crippen molar-refractivity contribution in [1.29, 1.82) is 0 Å². The zero-order chi connectivity index (χ0) is 11.1. The first-order chi connectivity index (χ1) is 7.75. The van der Waals surface area contributed by atoms with Gasteiger partial charge in [-0.1, -0.05) is 11.3 Å². The monoisotopic (exact) mass is 230 g/mol. The van der Waals surface area contributed by atoms with Crippen molar-refractivity contribution in [3.63, 3.8) is 0 Å². The lowest BCUT2D eigenvalue weighted by atomic mass is 10.1. The van der Waals surface area contributed by atoms with E-state index in [1.165, 1.54) is 4.70 Å². The Morgan fingerprint density at radius 2 is 2.19 bits per heavy atom. The molecule has 0 N–H and O–H groups in total. The standard InChI is InChI=1S/C11H10N4S/c1-7-11(15(2)14-13-7)8-3-4-9-10(5-8)16-6-12-9/h3-6H,1-2H3. The van der Waals surface area contributed by atoms with Crippen LogP contribution in [0.4, 0.5) is 0 Å². The summed E-state index contributed by atoms with van der Waals surface area (Å²) in [4.78, 5) is 4.27. The van der Waals surface area contributed by atoms with Gasteiger partial charge >= 0.3 is 0 Å². The van der Waals surface area contributed by atoms with Crippen molar-refractivity contribution in [2.45, 2.75) is 6.92 Å². The van der Waals surface area contributed by atoms with Crippen molar-refractivity contribution in [3.8, 4) is 11.3 Å². The van der Waals surface area contributed by atoms with Crippen molar-refractivity contribution in [2.24, 2.45) is 7.05 Å². The molecule has 16 heavy (non-hydrogen) atoms. The molecule has 0 bridgehead atoms. The third-order valence-electron chi connectivity index (χ3n) is 2.60. The van der Waals surface area contributed by atoms with Gasteiger partial charge in [0.2, 0.25) is 0 Å². The fourth-order valence-electron chi connectivity index (χ4n) is 1.86. The third kappa shape index (κ3) is 1.32. The average molecular weight is 230 g/mol. The van der Waals surface area contributed by atoms with Crippen LogP contribution in [0.1, 0.15) is 5.69 Å². The molecule has 0 saturated heterocycles. The van der Waals surface area contributed by atoms with E-state index in [0.29, 0.717) is 0 Å². The van der Waals surface area contributed by atoms with E-state index in [1.54, 1.807) is 16.0 Å². The summed E-state index contributed by atoms with van der Waals surface area (Å²) in [6.07, 6.45) is 0. The second-order valence-corrected chi connectivity index (χ2v) is 4.57. The molecule has 4 nitrogen and oxygen atoms in total. The van der Waals surface area contributed by atoms with Crippen LogP contribution in [0, 0.1) is 6.92 Å². The Morgan fingerprint density at radius 3 is 2.94 bits per heavy atom. The first kappa shape index (κ1) is 9.47. The molecule has 0 saturated carbocycles. The van der Waals surface area contributed by atoms with E-state index in [1.807, 2.05) is 25.5 Å². The van der Waals surface area contributed by atoms with Crippen LogP contribution in [-0.2, 0) is 7.05 Å². The van der Waals surface area contributed by atoms with Gasteiger partial charge in [-0.05, 0) is 19.1 Å². The van der Waals surface area contributed by atoms with Crippen molar-refractivity contribution >= 4 is 21.6 Å². The molecule has 1 aromatic carbocycles. The second kappa shape index (κ2) is 3.38. The summed E-state index contributed by atoms with van der Waals surface area (Å²) >= 11 is 1.65. The maximum absolute atomic E-state index is 4.27. The second-order valence-electron chi connectivity index (χ2n) is 3.68. The number of fused-ring (bicyclic) bond motifs is 1. The Morgan fingerprint density at radius 1 is 1.31 bits per heavy atom. The summed E-state index contributed by atoms with van der Waals surface area (Å²) in [5, 5.41) is 8.08. The molecule has 3 rings (SSSR count). The number of rotatable bonds is 1. The van der Waals surface area contributed by atoms with E-state index >= 15 is 0 Å². The summed E-state index contributed by atoms with van der Waals surface area (Å²) in [7, 11) is 1.91. The lowest BCUT2D eigenvalue weighted by molar-refractivity contribution is 0.719. The van der Waals surface area contributed by atoms with Gasteiger partial charge in [-0.3, -0.25) is 0 Å². The smallest absolute Gasteiger partial charge is 0.0911 e. The lowest BCUT2D eigenvalue weighted by Crippen LogP contribution is -1.94. The van der Waals surface area contributed by atoms with Crippen LogP contribution in [0.15, 0.2) is 23.7 Å². The van der Waals surface area contributed by atoms with Crippen LogP contribution in [0.5, 0.6) is 0 Å². The molecular weight excluding hydrogens is 220 g/mol. The average Bonchev–Trinajstić information content (AvgIpc) is 2.85. The molecule has 0 aliphatic heterocycles. The van der Waals surface area contributed by atoms with Crippen LogP contribution in [0.2, 0.25) is 0 Å². The van der Waals surface area contributed by atoms with Crippen LogP contribution in [0.3, 0.4) is 0 Å². The molecule has 0 aliphatic rings. The summed E-state index contributed by atoms with van der Waals surface area (Å²) in [6, 6.07) is 6.24. The van der Waals surface area contributed by atoms with Crippen molar-refractivity contribution in [1.82, 2.24) is 20.0 Å². The third-order valence-corrected chi connectivity index (χ3v) is 3.39. The quantitative estimate of drug-likeness (QED) is 0.644. The molecule has 0 radical (unpaired) electrons. The maximum Gasteiger partial charge on any atom is 0.0911 e. The maximum atomic E-state index is 4.27. The highest BCUT2D eigenvalue weighted by Crippen LogP contribution is 2.26. The number of aryl methyl sites for hydroxylation is 2. The van der Waals surface area contributed by atoms with Crippen molar-refractivity contribution < 1.29 is 0 Å². The Labute approximate surface area is 96.6 Å². The number of aromatic nitrogens is 4. The van der Waals surface area contributed by atoms with E-state index < -0.39 is 0 Å². The van der Waals surface area contributed by atoms with Gasteiger partial charge in [0.15, 0.2) is 0 Å². The summed E-state index contributed by atoms with van der Waals surface area (Å²) in [5.41, 5.74) is 6.06. The SMILES string of the molecule is Cc1nnn(C)c1-c1ccc2ncsc2c1. The largest absolute Gasteiger partial charge is 0.247 e. The van der Waals surface area contributed by atoms with E-state index in [9.17, 15) is 0 Å². The molecule has 80 valence electrons. The Balaban J connectivity index is 2.25. The molecule has 5 heteroatoms. The molecule has 2 heterocycles. The summed E-state index contributed by atoms with van der Waals surface area (Å²) < 4.78 is 3.00. The normalized spacial score (nSPS) is 11.1. The molecule has 0 aliphatic carbocycles. The van der Waals surface area contributed by atoms with Crippen LogP contribution < -0.4 is 0 Å². The molecule has 0 amide bonds. The van der Waals surface area contributed by atoms with Crippen LogP contribution in [0.25, 0.3) is 21.5 Å². The van der Waals surface area contributed by atoms with Gasteiger partial charge in [-0.2, -0.15) is 0 Å². The Bertz CT molecular complexity index is 633. The van der Waals surface area contributed by atoms with E-state index in [0.717, 1.165) is 22.5 Å². The lowest BCUT2D eigenvalue weighted by Gasteiger charge is -2.02. The van der Waals surface area contributed by atoms with Crippen LogP contribution in [-0.4, -0.2) is 20.0 Å². The molecule has 0 atom stereocenters. The minimum Gasteiger partial charge on any atom is -0.247 e. The number of thiazole rings is 1. The fraction of sp³-hybridized carbons (Fsp3) is 0.182. The highest BCUT2D eigenvalue weighted by molar-refractivity contribution is 7.16. The molecular formula is C11H10N4S. The zero-order valence-corrected chi connectivity index (χ0v) is 9.82. The number of benzene rings is 1. The van der Waals surface area contributed by atoms with E-state index in [2.05, 4.69) is 27.4 Å². The molecule has 0 spiro atoms. The van der Waals surface area contributed by atoms with Gasteiger partial charge < -0.3 is 0 Å². The topological polar surface area (TPSA) is 43.6 Å². The van der Waals surface area contributed by atoms with Crippen LogP contribution >= 0.6 is 11.3 Å². The predicted octanol–water partition coefficient (Wildman–Crippen LogP) is 2.40. The van der Waals surface area contributed by atoms with E-state index in [4.69, 9.17) is 0 Å². The van der Waals surface area contributed by atoms with Crippen molar-refractivity contribution in [3.05, 3.63) is 29.4 Å². The Kier molecular flexibility index (Phi) is 2.00. The number of nitrogens with zero attached hydrogens (tertiary/aromatic N) is 4. The van der Waals surface area contributed by atoms with Gasteiger partial charge in [0, 0.05) is 12.6 Å². The molecule has 0 unspecified atom stereocenters. The zero-order valence-electron chi connectivity index (χ0n) is 9.01. The first-order valence-corrected chi connectivity index (χ1v) is 5.83. The van der Waals surface area contributed by atoms with Gasteiger partial charge in [0.05, 0.1) is 27.1 Å². The van der Waals surface area contributed by atoms with Gasteiger partial charge in [0.25, 0.3) is 0 Å². The molecule has 2 aromatic heterocycles. The first-order valence-electron chi connectivity index (χ1n) is 4.95. The van der Waals surface area contributed by atoms with Crippen molar-refractivity contribution in [2.75, 3.05) is 0 Å². The summed E-state index contributed by atoms with van der Waals surface area (Å²) in [6.45, 7) is 1.97. The minimum atomic E-state index is 0.950. The Hall–Kier alpha value is -1.75. The number of hydrogen-bond donors (Lipinski definition) is 0. The number of hydrogen-bond acceptors (Lipinski definition) is 4. The highest BCUT2D eigenvalue weighted by Gasteiger charge is 2.09. The minimum absolute atomic E-state index is 0.950. The highest BCUT2D eigenvalue weighted by atomic mass is 32.1. The van der Waals surface area contributed by atoms with E-state index in [-0.39, 0.29) is 0 Å². The molecule has 3 aromatic rings. The van der Waals surface area contributed by atoms with Gasteiger partial charge in [-0.15, -0.1) is 16.4 Å². The van der Waals surface area contributed by atoms with Gasteiger partial charge in [-0.25, -0.2) is 9.67 Å². The summed E-state index contributed by atoms with van der Waals surface area (Å²) in [5.74, 6) is 0. The molecule has 0 fully saturated rings. The van der Waals surface area contributed by atoms with Gasteiger partial charge in [0.1, 0.15) is 0 Å². The predicted molar refractivity (Wildman–Crippen MR) is 64.4 cm³/mol.